The summed E-state index contributed by atoms with van der Waals surface area (Å²) >= 11 is 0. The molecule has 1 heterocycles. The van der Waals surface area contributed by atoms with Gasteiger partial charge in [-0.25, -0.2) is 0 Å². The zero-order valence-corrected chi connectivity index (χ0v) is 10.7. The number of anilines is 2. The van der Waals surface area contributed by atoms with Crippen molar-refractivity contribution in [2.75, 3.05) is 11.1 Å². The van der Waals surface area contributed by atoms with E-state index < -0.39 is 5.41 Å². The second kappa shape index (κ2) is 4.12. The van der Waals surface area contributed by atoms with E-state index in [0.717, 1.165) is 24.1 Å². The van der Waals surface area contributed by atoms with Gasteiger partial charge in [0.25, 0.3) is 0 Å². The zero-order valence-electron chi connectivity index (χ0n) is 10.7. The summed E-state index contributed by atoms with van der Waals surface area (Å²) in [5.74, 6) is 0.577. The molecule has 0 radical (unpaired) electrons. The van der Waals surface area contributed by atoms with Crippen LogP contribution in [0.1, 0.15) is 24.1 Å². The maximum atomic E-state index is 12.4. The Morgan fingerprint density at radius 1 is 1.37 bits per heavy atom. The van der Waals surface area contributed by atoms with Crippen LogP contribution in [0.15, 0.2) is 30.3 Å². The van der Waals surface area contributed by atoms with Gasteiger partial charge in [0, 0.05) is 17.4 Å². The lowest BCUT2D eigenvalue weighted by atomic mass is 9.95. The first-order valence-electron chi connectivity index (χ1n) is 6.30. The van der Waals surface area contributed by atoms with Crippen LogP contribution in [0.4, 0.5) is 11.5 Å². The third kappa shape index (κ3) is 2.07. The predicted octanol–water partition coefficient (Wildman–Crippen LogP) is 1.97. The summed E-state index contributed by atoms with van der Waals surface area (Å²) in [7, 11) is 0. The van der Waals surface area contributed by atoms with Crippen molar-refractivity contribution >= 4 is 17.4 Å². The van der Waals surface area contributed by atoms with E-state index >= 15 is 0 Å². The fraction of sp³-hybridized carbons (Fsp3) is 0.286. The van der Waals surface area contributed by atoms with Gasteiger partial charge in [-0.3, -0.25) is 9.89 Å². The van der Waals surface area contributed by atoms with Crippen LogP contribution < -0.4 is 11.1 Å². The van der Waals surface area contributed by atoms with Crippen molar-refractivity contribution in [2.45, 2.75) is 25.2 Å². The average molecular weight is 256 g/mol. The van der Waals surface area contributed by atoms with Crippen LogP contribution >= 0.6 is 0 Å². The summed E-state index contributed by atoms with van der Waals surface area (Å²) in [5.41, 5.74) is 7.93. The highest BCUT2D eigenvalue weighted by Gasteiger charge is 2.51. The van der Waals surface area contributed by atoms with Gasteiger partial charge in [-0.2, -0.15) is 5.10 Å². The number of carbonyl (C=O) groups excluding carboxylic acids is 1. The van der Waals surface area contributed by atoms with Gasteiger partial charge in [-0.1, -0.05) is 12.1 Å². The van der Waals surface area contributed by atoms with Gasteiger partial charge in [-0.15, -0.1) is 0 Å². The molecule has 4 N–H and O–H groups in total. The molecule has 1 amide bonds. The van der Waals surface area contributed by atoms with Crippen molar-refractivity contribution in [1.29, 1.82) is 0 Å². The van der Waals surface area contributed by atoms with Crippen LogP contribution in [0.25, 0.3) is 0 Å². The molecular formula is C14H16N4O. The fourth-order valence-electron chi connectivity index (χ4n) is 2.29. The first kappa shape index (κ1) is 11.8. The Morgan fingerprint density at radius 2 is 2.05 bits per heavy atom. The Morgan fingerprint density at radius 3 is 2.58 bits per heavy atom. The topological polar surface area (TPSA) is 83.8 Å². The van der Waals surface area contributed by atoms with Gasteiger partial charge in [0.1, 0.15) is 0 Å². The van der Waals surface area contributed by atoms with Crippen LogP contribution in [-0.2, 0) is 10.2 Å². The van der Waals surface area contributed by atoms with Gasteiger partial charge in [0.05, 0.1) is 5.41 Å². The number of nitrogens with zero attached hydrogens (tertiary/aromatic N) is 1. The van der Waals surface area contributed by atoms with Gasteiger partial charge >= 0.3 is 0 Å². The van der Waals surface area contributed by atoms with Crippen molar-refractivity contribution in [3.05, 3.63) is 41.6 Å². The number of nitrogens with two attached hydrogens (primary N) is 1. The molecule has 3 rings (SSSR count). The lowest BCUT2D eigenvalue weighted by Crippen LogP contribution is -2.27. The number of hydrogen-bond donors (Lipinski definition) is 3. The molecule has 0 atom stereocenters. The number of hydrogen-bond acceptors (Lipinski definition) is 3. The Kier molecular flexibility index (Phi) is 2.55. The number of H-pyrrole nitrogens is 1. The van der Waals surface area contributed by atoms with E-state index in [1.807, 2.05) is 37.3 Å². The van der Waals surface area contributed by atoms with Gasteiger partial charge < -0.3 is 11.1 Å². The maximum Gasteiger partial charge on any atom is 0.236 e. The van der Waals surface area contributed by atoms with Crippen molar-refractivity contribution in [1.82, 2.24) is 10.2 Å². The van der Waals surface area contributed by atoms with E-state index in [1.165, 1.54) is 0 Å². The molecule has 1 aromatic heterocycles. The third-order valence-corrected chi connectivity index (χ3v) is 3.60. The summed E-state index contributed by atoms with van der Waals surface area (Å²) in [6.07, 6.45) is 1.73. The minimum atomic E-state index is -0.402. The van der Waals surface area contributed by atoms with Crippen LogP contribution in [0.2, 0.25) is 0 Å². The first-order chi connectivity index (χ1) is 9.10. The molecule has 1 aliphatic rings. The van der Waals surface area contributed by atoms with E-state index in [-0.39, 0.29) is 5.91 Å². The molecule has 1 aromatic carbocycles. The highest BCUT2D eigenvalue weighted by molar-refractivity contribution is 6.00. The molecule has 98 valence electrons. The first-order valence-corrected chi connectivity index (χ1v) is 6.30. The Balaban J connectivity index is 1.81. The molecule has 0 spiro atoms. The molecule has 1 saturated carbocycles. The number of amides is 1. The molecule has 19 heavy (non-hydrogen) atoms. The summed E-state index contributed by atoms with van der Waals surface area (Å²) in [5, 5.41) is 9.71. The number of benzene rings is 1. The predicted molar refractivity (Wildman–Crippen MR) is 73.7 cm³/mol. The smallest absolute Gasteiger partial charge is 0.236 e. The Bertz CT molecular complexity index is 611. The molecule has 2 aromatic rings. The molecular weight excluding hydrogens is 240 g/mol. The molecule has 1 aliphatic carbocycles. The molecule has 0 bridgehead atoms. The van der Waals surface area contributed by atoms with Crippen molar-refractivity contribution < 1.29 is 4.79 Å². The van der Waals surface area contributed by atoms with Gasteiger partial charge in [0.2, 0.25) is 5.91 Å². The van der Waals surface area contributed by atoms with Crippen molar-refractivity contribution in [3.8, 4) is 0 Å². The van der Waals surface area contributed by atoms with Crippen LogP contribution in [-0.4, -0.2) is 16.1 Å². The van der Waals surface area contributed by atoms with Crippen molar-refractivity contribution in [3.63, 3.8) is 0 Å². The van der Waals surface area contributed by atoms with E-state index in [1.54, 1.807) is 0 Å². The third-order valence-electron chi connectivity index (χ3n) is 3.60. The summed E-state index contributed by atoms with van der Waals surface area (Å²) < 4.78 is 0. The monoisotopic (exact) mass is 256 g/mol. The number of nitrogens with one attached hydrogen (secondary N) is 2. The van der Waals surface area contributed by atoms with Crippen LogP contribution in [0.3, 0.4) is 0 Å². The number of rotatable bonds is 3. The van der Waals surface area contributed by atoms with E-state index in [4.69, 9.17) is 5.73 Å². The largest absolute Gasteiger partial charge is 0.399 e. The number of aromatic nitrogens is 2. The number of aromatic amines is 1. The zero-order chi connectivity index (χ0) is 13.5. The average Bonchev–Trinajstić information content (AvgIpc) is 3.10. The van der Waals surface area contributed by atoms with E-state index in [0.29, 0.717) is 11.5 Å². The molecule has 0 aliphatic heterocycles. The van der Waals surface area contributed by atoms with E-state index in [2.05, 4.69) is 15.5 Å². The number of nitrogen functional groups attached to an aromatic ring is 1. The minimum absolute atomic E-state index is 0.00349. The minimum Gasteiger partial charge on any atom is -0.399 e. The summed E-state index contributed by atoms with van der Waals surface area (Å²) in [6, 6.07) is 9.34. The summed E-state index contributed by atoms with van der Waals surface area (Å²) in [6.45, 7) is 1.90. The lowest BCUT2D eigenvalue weighted by molar-refractivity contribution is -0.118. The quantitative estimate of drug-likeness (QED) is 0.734. The highest BCUT2D eigenvalue weighted by atomic mass is 16.2. The van der Waals surface area contributed by atoms with Crippen LogP contribution in [0.5, 0.6) is 0 Å². The molecule has 1 fully saturated rings. The van der Waals surface area contributed by atoms with Gasteiger partial charge in [-0.05, 0) is 37.5 Å². The Hall–Kier alpha value is -2.30. The second-order valence-corrected chi connectivity index (χ2v) is 5.09. The van der Waals surface area contributed by atoms with Crippen LogP contribution in [0, 0.1) is 6.92 Å². The highest BCUT2D eigenvalue weighted by Crippen LogP contribution is 2.49. The molecule has 0 unspecified atom stereocenters. The van der Waals surface area contributed by atoms with Crippen molar-refractivity contribution in [2.24, 2.45) is 0 Å². The molecule has 5 nitrogen and oxygen atoms in total. The number of aryl methyl sites for hydroxylation is 1. The SMILES string of the molecule is Cc1cc(NC(=O)C2(c3ccc(N)cc3)CC2)n[nH]1. The fourth-order valence-corrected chi connectivity index (χ4v) is 2.29. The Labute approximate surface area is 111 Å². The lowest BCUT2D eigenvalue weighted by Gasteiger charge is -2.14. The standard InChI is InChI=1S/C14H16N4O/c1-9-8-12(18-17-9)16-13(19)14(6-7-14)10-2-4-11(15)5-3-10/h2-5,8H,6-7,15H2,1H3,(H2,16,17,18,19). The summed E-state index contributed by atoms with van der Waals surface area (Å²) in [4.78, 5) is 12.4. The number of carbonyl (C=O) groups is 1. The maximum absolute atomic E-state index is 12.4. The van der Waals surface area contributed by atoms with Gasteiger partial charge in [0.15, 0.2) is 5.82 Å². The molecule has 0 saturated heterocycles. The normalized spacial score (nSPS) is 16.1. The second-order valence-electron chi connectivity index (χ2n) is 5.09. The molecule has 5 heteroatoms. The van der Waals surface area contributed by atoms with E-state index in [9.17, 15) is 4.79 Å².